The van der Waals surface area contributed by atoms with Gasteiger partial charge in [0.25, 0.3) is 0 Å². The van der Waals surface area contributed by atoms with Crippen molar-refractivity contribution in [1.29, 1.82) is 0 Å². The van der Waals surface area contributed by atoms with Gasteiger partial charge in [0.1, 0.15) is 0 Å². The van der Waals surface area contributed by atoms with E-state index in [1.54, 1.807) is 146 Å². The van der Waals surface area contributed by atoms with Gasteiger partial charge in [0, 0.05) is 89.1 Å². The molecule has 8 aromatic carbocycles. The van der Waals surface area contributed by atoms with Crippen molar-refractivity contribution in [2.45, 2.75) is 0 Å². The lowest BCUT2D eigenvalue weighted by Crippen LogP contribution is -2.06. The Labute approximate surface area is 581 Å². The lowest BCUT2D eigenvalue weighted by atomic mass is 9.93. The molecule has 0 unspecified atom stereocenters. The van der Waals surface area contributed by atoms with Gasteiger partial charge in [-0.2, -0.15) is 0 Å². The van der Waals surface area contributed by atoms with Crippen LogP contribution in [-0.4, -0.2) is 46.7 Å². The van der Waals surface area contributed by atoms with E-state index in [9.17, 15) is 0 Å². The molecule has 8 aromatic rings. The number of hydrogen-bond donors (Lipinski definition) is 0. The molecule has 8 bridgehead atoms. The molecule has 88 heavy (non-hydrogen) atoms. The molecule has 24 heteroatoms. The summed E-state index contributed by atoms with van der Waals surface area (Å²) < 4.78 is 0. The van der Waals surface area contributed by atoms with E-state index in [1.165, 1.54) is 0 Å². The molecular formula is C64H24Cl16N8. The Balaban J connectivity index is 1.28. The Bertz CT molecular complexity index is 4300. The van der Waals surface area contributed by atoms with Crippen molar-refractivity contribution in [3.63, 3.8) is 0 Å². The lowest BCUT2D eigenvalue weighted by molar-refractivity contribution is 1.49. The van der Waals surface area contributed by atoms with E-state index in [0.29, 0.717) is 44.5 Å². The normalized spacial score (nSPS) is 15.6. The summed E-state index contributed by atoms with van der Waals surface area (Å²) in [5.41, 5.74) is 4.73. The third-order valence-corrected chi connectivity index (χ3v) is 20.8. The Kier molecular flexibility index (Phi) is 17.3. The van der Waals surface area contributed by atoms with Gasteiger partial charge in [-0.15, -0.1) is 0 Å². The van der Waals surface area contributed by atoms with E-state index < -0.39 is 0 Å². The average Bonchev–Trinajstić information content (AvgIpc) is 2.02. The first-order valence-electron chi connectivity index (χ1n) is 25.6. The van der Waals surface area contributed by atoms with Gasteiger partial charge in [0.05, 0.1) is 80.4 Å². The molecule has 13 rings (SSSR count). The number of fused-ring (bicyclic) bond motifs is 4. The number of amidine groups is 8. The summed E-state index contributed by atoms with van der Waals surface area (Å²) in [6, 6.07) is 40.7. The summed E-state index contributed by atoms with van der Waals surface area (Å²) in [6.07, 6.45) is 0. The molecule has 5 aliphatic heterocycles. The maximum absolute atomic E-state index is 7.32. The summed E-state index contributed by atoms with van der Waals surface area (Å²) in [4.78, 5) is 43.0. The fraction of sp³-hybridized carbons (Fsp3) is 0. The van der Waals surface area contributed by atoms with Gasteiger partial charge in [-0.25, -0.2) is 39.9 Å². The van der Waals surface area contributed by atoms with Gasteiger partial charge in [-0.05, 0) is 48.5 Å². The molecule has 0 aromatic heterocycles. The number of rotatable bonds is 8. The van der Waals surface area contributed by atoms with Crippen LogP contribution in [0.25, 0.3) is 44.6 Å². The molecule has 5 heterocycles. The van der Waals surface area contributed by atoms with Gasteiger partial charge >= 0.3 is 0 Å². The van der Waals surface area contributed by atoms with E-state index >= 15 is 0 Å². The molecule has 0 N–H and O–H groups in total. The van der Waals surface area contributed by atoms with Crippen LogP contribution in [-0.2, 0) is 0 Å². The molecule has 0 atom stereocenters. The highest BCUT2D eigenvalue weighted by Crippen LogP contribution is 2.51. The second-order valence-corrected chi connectivity index (χ2v) is 25.6. The van der Waals surface area contributed by atoms with Crippen LogP contribution < -0.4 is 0 Å². The summed E-state index contributed by atoms with van der Waals surface area (Å²) in [7, 11) is 0. The topological polar surface area (TPSA) is 98.9 Å². The molecule has 0 fully saturated rings. The van der Waals surface area contributed by atoms with E-state index in [1.807, 2.05) is 0 Å². The summed E-state index contributed by atoms with van der Waals surface area (Å²) in [6.45, 7) is 0. The Hall–Kier alpha value is -5.28. The van der Waals surface area contributed by atoms with E-state index in [0.717, 1.165) is 0 Å². The average molecular weight is 1470 g/mol. The predicted molar refractivity (Wildman–Crippen MR) is 378 cm³/mol. The van der Waals surface area contributed by atoms with Crippen LogP contribution in [0.3, 0.4) is 0 Å². The summed E-state index contributed by atoms with van der Waals surface area (Å²) >= 11 is 114. The fourth-order valence-electron chi connectivity index (χ4n) is 10.4. The number of benzene rings is 8. The molecule has 0 saturated heterocycles. The Morgan fingerprint density at radius 2 is 0.250 bits per heavy atom. The third kappa shape index (κ3) is 10.7. The Morgan fingerprint density at radius 1 is 0.148 bits per heavy atom. The molecule has 5 aliphatic rings. The zero-order valence-corrected chi connectivity index (χ0v) is 55.6. The molecule has 0 spiro atoms. The van der Waals surface area contributed by atoms with Crippen LogP contribution in [0.15, 0.2) is 186 Å². The van der Waals surface area contributed by atoms with Crippen molar-refractivity contribution in [1.82, 2.24) is 0 Å². The molecule has 432 valence electrons. The van der Waals surface area contributed by atoms with Gasteiger partial charge in [-0.3, -0.25) is 0 Å². The highest BCUT2D eigenvalue weighted by atomic mass is 35.5. The van der Waals surface area contributed by atoms with Gasteiger partial charge in [0.15, 0.2) is 46.7 Å². The van der Waals surface area contributed by atoms with Crippen molar-refractivity contribution < 1.29 is 0 Å². The van der Waals surface area contributed by atoms with Crippen molar-refractivity contribution in [3.8, 4) is 0 Å². The smallest absolute Gasteiger partial charge is 0.165 e. The summed E-state index contributed by atoms with van der Waals surface area (Å²) in [5.74, 6) is -0.310. The predicted octanol–water partition coefficient (Wildman–Crippen LogP) is 24.1. The van der Waals surface area contributed by atoms with Crippen molar-refractivity contribution >= 4 is 277 Å². The minimum absolute atomic E-state index is 0.0387. The first-order chi connectivity index (χ1) is 42.3. The van der Waals surface area contributed by atoms with Crippen LogP contribution in [0.2, 0.25) is 80.4 Å². The third-order valence-electron chi connectivity index (χ3n) is 14.3. The van der Waals surface area contributed by atoms with Gasteiger partial charge < -0.3 is 0 Å². The van der Waals surface area contributed by atoms with Crippen molar-refractivity contribution in [2.24, 2.45) is 39.9 Å². The lowest BCUT2D eigenvalue weighted by Gasteiger charge is -2.15. The fourth-order valence-corrected chi connectivity index (χ4v) is 13.6. The highest BCUT2D eigenvalue weighted by Gasteiger charge is 2.41. The minimum atomic E-state index is -0.0387. The second-order valence-electron chi connectivity index (χ2n) is 19.3. The second kappa shape index (κ2) is 24.7. The van der Waals surface area contributed by atoms with Gasteiger partial charge in [0.2, 0.25) is 0 Å². The number of halogens is 16. The van der Waals surface area contributed by atoms with Crippen LogP contribution in [0, 0.1) is 0 Å². The minimum Gasteiger partial charge on any atom is -0.208 e. The largest absolute Gasteiger partial charge is 0.208 e. The summed E-state index contributed by atoms with van der Waals surface area (Å²) in [5, 5.41) is 2.34. The number of aliphatic imine (C=N–C) groups is 8. The molecule has 0 saturated carbocycles. The molecule has 0 radical (unpaired) electrons. The SMILES string of the molecule is Clc1cccc(C2=C(c3cccc(Cl)c3Cl)C3=NC4=NC(=NC5=NC(=NC6=NC(=NC2=N3)C(c2cccc(Cl)c2Cl)=C6c2cccc(Cl)c2Cl)C(c2cccc(Cl)c2Cl)=C5c2cccc(Cl)c2Cl)C(c2cccc(Cl)c2Cl)=C4c2cccc(Cl)c2Cl)c1Cl. The van der Waals surface area contributed by atoms with Crippen LogP contribution >= 0.6 is 186 Å². The van der Waals surface area contributed by atoms with Crippen LogP contribution in [0.4, 0.5) is 0 Å². The monoisotopic (exact) mass is 1460 g/mol. The Morgan fingerprint density at radius 3 is 0.352 bits per heavy atom. The number of nitrogens with zero attached hydrogens (tertiary/aromatic N) is 8. The molecule has 8 nitrogen and oxygen atoms in total. The first-order valence-corrected chi connectivity index (χ1v) is 31.6. The maximum Gasteiger partial charge on any atom is 0.165 e. The number of hydrogen-bond acceptors (Lipinski definition) is 8. The van der Waals surface area contributed by atoms with Crippen LogP contribution in [0.1, 0.15) is 44.5 Å². The highest BCUT2D eigenvalue weighted by molar-refractivity contribution is 6.64. The van der Waals surface area contributed by atoms with E-state index in [2.05, 4.69) is 0 Å². The van der Waals surface area contributed by atoms with Crippen molar-refractivity contribution in [3.05, 3.63) is 270 Å². The quantitative estimate of drug-likeness (QED) is 0.145. The zero-order chi connectivity index (χ0) is 61.7. The van der Waals surface area contributed by atoms with Crippen LogP contribution in [0.5, 0.6) is 0 Å². The molecule has 0 amide bonds. The zero-order valence-electron chi connectivity index (χ0n) is 43.5. The first kappa shape index (κ1) is 61.6. The standard InChI is InChI=1S/C64H24Cl16N8/c65-33-17-1-9-25(49(33)73)41-42(26-10-2-18-34(66)50(26)74)58-81-57(41)85-59-43(27-11-3-19-35(67)51(27)75)44(28-12-4-20-36(68)52(28)76)61(82-59)87-63-47(31-15-7-23-39(71)55(31)79)48(32-16-8-24-40(72)56(32)80)64(84-63)88-62-46(30-14-6-22-38(70)54(30)78)45(60(83-62)86-58)29-13-5-21-37(69)53(29)77/h1-24H. The van der Waals surface area contributed by atoms with Gasteiger partial charge in [-0.1, -0.05) is 283 Å². The molecule has 0 aliphatic carbocycles. The maximum atomic E-state index is 7.32. The van der Waals surface area contributed by atoms with E-state index in [-0.39, 0.29) is 172 Å². The molecular weight excluding hydrogens is 1450 g/mol. The van der Waals surface area contributed by atoms with E-state index in [4.69, 9.17) is 226 Å². The van der Waals surface area contributed by atoms with Crippen molar-refractivity contribution in [2.75, 3.05) is 0 Å².